The number of halogens is 1. The van der Waals surface area contributed by atoms with E-state index in [9.17, 15) is 5.11 Å². The first kappa shape index (κ1) is 7.88. The molecule has 58 valence electrons. The third-order valence-corrected chi connectivity index (χ3v) is 1.49. The summed E-state index contributed by atoms with van der Waals surface area (Å²) in [6.07, 6.45) is 0. The van der Waals surface area contributed by atoms with Crippen LogP contribution in [0.2, 0.25) is 5.02 Å². The second-order valence-corrected chi connectivity index (χ2v) is 2.50. The molecule has 4 heteroatoms. The van der Waals surface area contributed by atoms with Crippen LogP contribution < -0.4 is 10.8 Å². The number of nitrogens with one attached hydrogen (secondary N) is 1. The zero-order chi connectivity index (χ0) is 8.43. The van der Waals surface area contributed by atoms with E-state index in [2.05, 4.69) is 0 Å². The SMILES string of the molecule is N=C([O-])c1ccc(Cl)cc1N. The molecule has 0 radical (unpaired) electrons. The van der Waals surface area contributed by atoms with Crippen LogP contribution in [0.5, 0.6) is 0 Å². The van der Waals surface area contributed by atoms with Gasteiger partial charge in [0.1, 0.15) is 0 Å². The molecule has 3 N–H and O–H groups in total. The third-order valence-electron chi connectivity index (χ3n) is 1.26. The molecule has 0 heterocycles. The Morgan fingerprint density at radius 3 is 2.64 bits per heavy atom. The van der Waals surface area contributed by atoms with E-state index in [0.29, 0.717) is 5.02 Å². The molecule has 0 aliphatic rings. The van der Waals surface area contributed by atoms with E-state index in [1.165, 1.54) is 18.2 Å². The average Bonchev–Trinajstić information content (AvgIpc) is 1.85. The monoisotopic (exact) mass is 169 g/mol. The summed E-state index contributed by atoms with van der Waals surface area (Å²) in [5, 5.41) is 17.8. The van der Waals surface area contributed by atoms with Crippen molar-refractivity contribution in [2.75, 3.05) is 5.73 Å². The molecule has 1 aromatic rings. The Morgan fingerprint density at radius 1 is 1.55 bits per heavy atom. The average molecular weight is 170 g/mol. The third kappa shape index (κ3) is 1.62. The number of nitrogen functional groups attached to an aromatic ring is 1. The van der Waals surface area contributed by atoms with Gasteiger partial charge in [0.2, 0.25) is 0 Å². The van der Waals surface area contributed by atoms with Crippen LogP contribution in [0.15, 0.2) is 18.2 Å². The Morgan fingerprint density at radius 2 is 2.18 bits per heavy atom. The normalized spacial score (nSPS) is 9.55. The molecular weight excluding hydrogens is 164 g/mol. The molecule has 3 nitrogen and oxygen atoms in total. The van der Waals surface area contributed by atoms with Gasteiger partial charge in [-0.3, -0.25) is 0 Å². The first-order valence-electron chi connectivity index (χ1n) is 2.92. The van der Waals surface area contributed by atoms with Crippen molar-refractivity contribution in [3.8, 4) is 0 Å². The van der Waals surface area contributed by atoms with Gasteiger partial charge in [0.05, 0.1) is 0 Å². The number of benzene rings is 1. The largest absolute Gasteiger partial charge is 0.859 e. The summed E-state index contributed by atoms with van der Waals surface area (Å²) < 4.78 is 0. The quantitative estimate of drug-likeness (QED) is 0.367. The van der Waals surface area contributed by atoms with Crippen LogP contribution in [0.3, 0.4) is 0 Å². The van der Waals surface area contributed by atoms with Gasteiger partial charge >= 0.3 is 0 Å². The van der Waals surface area contributed by atoms with Gasteiger partial charge in [-0.25, -0.2) is 0 Å². The van der Waals surface area contributed by atoms with Gasteiger partial charge < -0.3 is 16.2 Å². The Balaban J connectivity index is 3.20. The number of nitrogens with two attached hydrogens (primary N) is 1. The fourth-order valence-corrected chi connectivity index (χ4v) is 0.921. The van der Waals surface area contributed by atoms with E-state index in [4.69, 9.17) is 22.7 Å². The number of anilines is 1. The Kier molecular flexibility index (Phi) is 2.01. The zero-order valence-electron chi connectivity index (χ0n) is 5.60. The second-order valence-electron chi connectivity index (χ2n) is 2.06. The minimum Gasteiger partial charge on any atom is -0.859 e. The summed E-state index contributed by atoms with van der Waals surface area (Å²) >= 11 is 5.57. The molecule has 11 heavy (non-hydrogen) atoms. The van der Waals surface area contributed by atoms with Gasteiger partial charge in [0.25, 0.3) is 0 Å². The molecule has 0 saturated heterocycles. The highest BCUT2D eigenvalue weighted by Crippen LogP contribution is 2.16. The highest BCUT2D eigenvalue weighted by Gasteiger charge is 1.97. The number of hydrogen-bond acceptors (Lipinski definition) is 3. The summed E-state index contributed by atoms with van der Waals surface area (Å²) in [5.41, 5.74) is 5.83. The van der Waals surface area contributed by atoms with Crippen molar-refractivity contribution in [1.29, 1.82) is 5.41 Å². The molecule has 0 bridgehead atoms. The highest BCUT2D eigenvalue weighted by molar-refractivity contribution is 6.31. The minimum absolute atomic E-state index is 0.189. The lowest BCUT2D eigenvalue weighted by Gasteiger charge is -2.09. The molecule has 0 aromatic heterocycles. The topological polar surface area (TPSA) is 72.9 Å². The van der Waals surface area contributed by atoms with Crippen molar-refractivity contribution in [3.63, 3.8) is 0 Å². The van der Waals surface area contributed by atoms with Crippen molar-refractivity contribution in [2.45, 2.75) is 0 Å². The second kappa shape index (κ2) is 2.80. The first-order valence-corrected chi connectivity index (χ1v) is 3.30. The van der Waals surface area contributed by atoms with E-state index in [1.807, 2.05) is 0 Å². The fraction of sp³-hybridized carbons (Fsp3) is 0. The number of rotatable bonds is 1. The van der Waals surface area contributed by atoms with Gasteiger partial charge in [-0.15, -0.1) is 0 Å². The van der Waals surface area contributed by atoms with Gasteiger partial charge in [-0.1, -0.05) is 17.7 Å². The van der Waals surface area contributed by atoms with E-state index >= 15 is 0 Å². The molecule has 0 saturated carbocycles. The summed E-state index contributed by atoms with van der Waals surface area (Å²) in [7, 11) is 0. The molecule has 1 aromatic carbocycles. The van der Waals surface area contributed by atoms with Crippen molar-refractivity contribution in [1.82, 2.24) is 0 Å². The van der Waals surface area contributed by atoms with Crippen molar-refractivity contribution >= 4 is 23.2 Å². The maximum atomic E-state index is 10.5. The Hall–Kier alpha value is -1.22. The van der Waals surface area contributed by atoms with Crippen LogP contribution in [-0.2, 0) is 0 Å². The van der Waals surface area contributed by atoms with Gasteiger partial charge in [0.15, 0.2) is 0 Å². The van der Waals surface area contributed by atoms with E-state index < -0.39 is 5.90 Å². The lowest BCUT2D eigenvalue weighted by molar-refractivity contribution is -0.214. The van der Waals surface area contributed by atoms with E-state index in [1.54, 1.807) is 0 Å². The van der Waals surface area contributed by atoms with Crippen LogP contribution >= 0.6 is 11.6 Å². The predicted octanol–water partition coefficient (Wildman–Crippen LogP) is 0.608. The molecular formula is C7H6ClN2O-. The molecule has 0 fully saturated rings. The zero-order valence-corrected chi connectivity index (χ0v) is 6.35. The smallest absolute Gasteiger partial charge is 0.0426 e. The summed E-state index contributed by atoms with van der Waals surface area (Å²) in [5.74, 6) is -0.792. The lowest BCUT2D eigenvalue weighted by Crippen LogP contribution is -2.18. The molecule has 0 atom stereocenters. The Labute approximate surface area is 68.9 Å². The van der Waals surface area contributed by atoms with E-state index in [-0.39, 0.29) is 11.3 Å². The molecule has 0 spiro atoms. The summed E-state index contributed by atoms with van der Waals surface area (Å²) in [4.78, 5) is 0. The molecule has 1 rings (SSSR count). The lowest BCUT2D eigenvalue weighted by atomic mass is 10.2. The predicted molar refractivity (Wildman–Crippen MR) is 42.7 cm³/mol. The van der Waals surface area contributed by atoms with Crippen LogP contribution in [0.25, 0.3) is 0 Å². The fourth-order valence-electron chi connectivity index (χ4n) is 0.740. The van der Waals surface area contributed by atoms with Crippen LogP contribution in [0.1, 0.15) is 5.56 Å². The molecule has 0 unspecified atom stereocenters. The van der Waals surface area contributed by atoms with Crippen molar-refractivity contribution in [2.24, 2.45) is 0 Å². The molecule has 0 amide bonds. The van der Waals surface area contributed by atoms with Crippen molar-refractivity contribution in [3.05, 3.63) is 28.8 Å². The van der Waals surface area contributed by atoms with Crippen LogP contribution in [0.4, 0.5) is 5.69 Å². The summed E-state index contributed by atoms with van der Waals surface area (Å²) in [6.45, 7) is 0. The minimum atomic E-state index is -0.792. The van der Waals surface area contributed by atoms with Crippen LogP contribution in [-0.4, -0.2) is 5.90 Å². The Bertz CT molecular complexity index is 298. The van der Waals surface area contributed by atoms with Gasteiger partial charge in [0, 0.05) is 16.3 Å². The van der Waals surface area contributed by atoms with Gasteiger partial charge in [-0.05, 0) is 18.0 Å². The standard InChI is InChI=1S/C7H7ClN2O/c8-4-1-2-5(7(10)11)6(9)3-4/h1-3H,9H2,(H2,10,11)/p-1. The van der Waals surface area contributed by atoms with Crippen LogP contribution in [0, 0.1) is 5.41 Å². The summed E-state index contributed by atoms with van der Waals surface area (Å²) in [6, 6.07) is 4.41. The number of hydrogen-bond donors (Lipinski definition) is 2. The molecule has 0 aliphatic heterocycles. The van der Waals surface area contributed by atoms with Crippen molar-refractivity contribution < 1.29 is 5.11 Å². The highest BCUT2D eigenvalue weighted by atomic mass is 35.5. The molecule has 0 aliphatic carbocycles. The maximum absolute atomic E-state index is 10.5. The first-order chi connectivity index (χ1) is 5.11. The van der Waals surface area contributed by atoms with Gasteiger partial charge in [-0.2, -0.15) is 0 Å². The maximum Gasteiger partial charge on any atom is 0.0426 e. The van der Waals surface area contributed by atoms with E-state index in [0.717, 1.165) is 0 Å².